The number of carbonyl (C=O) groups is 2. The quantitative estimate of drug-likeness (QED) is 0.474. The predicted octanol–water partition coefficient (Wildman–Crippen LogP) is 3.71. The van der Waals surface area contributed by atoms with Crippen LogP contribution in [-0.4, -0.2) is 81.8 Å². The van der Waals surface area contributed by atoms with E-state index in [-0.39, 0.29) is 17.6 Å². The Bertz CT molecular complexity index is 1370. The van der Waals surface area contributed by atoms with Crippen LogP contribution >= 0.6 is 11.3 Å². The molecule has 2 saturated heterocycles. The van der Waals surface area contributed by atoms with E-state index in [2.05, 4.69) is 14.9 Å². The molecule has 0 aliphatic carbocycles. The Morgan fingerprint density at radius 1 is 0.971 bits per heavy atom. The van der Waals surface area contributed by atoms with Gasteiger partial charge in [-0.2, -0.15) is 0 Å². The predicted molar refractivity (Wildman–Crippen MR) is 133 cm³/mol. The maximum atomic E-state index is 13.3. The van der Waals surface area contributed by atoms with Crippen molar-refractivity contribution in [3.8, 4) is 11.1 Å². The number of aromatic nitrogens is 2. The van der Waals surface area contributed by atoms with Crippen molar-refractivity contribution in [2.24, 2.45) is 0 Å². The monoisotopic (exact) mass is 489 g/mol. The van der Waals surface area contributed by atoms with Gasteiger partial charge >= 0.3 is 0 Å². The molecule has 0 bridgehead atoms. The fourth-order valence-electron chi connectivity index (χ4n) is 4.92. The molecule has 2 aromatic heterocycles. The van der Waals surface area contributed by atoms with Gasteiger partial charge in [-0.25, -0.2) is 9.37 Å². The molecule has 0 radical (unpaired) electrons. The molecule has 0 saturated carbocycles. The molecule has 2 amide bonds. The molecule has 2 fully saturated rings. The summed E-state index contributed by atoms with van der Waals surface area (Å²) in [5.41, 5.74) is 3.45. The van der Waals surface area contributed by atoms with Crippen molar-refractivity contribution >= 4 is 34.1 Å². The standard InChI is InChI=1S/C26H24FN5O2S/c27-19-4-1-17(2-5-19)22-14-29-23-13-18(3-6-21(22)23)25(33)32-15-20(16-32)30-8-10-31(11-9-30)26(34)24-28-7-12-35-24/h1-7,12-14,20,29H,8-11,15-16H2. The Morgan fingerprint density at radius 3 is 2.46 bits per heavy atom. The summed E-state index contributed by atoms with van der Waals surface area (Å²) in [6.45, 7) is 4.38. The fourth-order valence-corrected chi connectivity index (χ4v) is 5.52. The molecular weight excluding hydrogens is 465 g/mol. The lowest BCUT2D eigenvalue weighted by molar-refractivity contribution is 0.00854. The van der Waals surface area contributed by atoms with Gasteiger partial charge in [0, 0.05) is 85.1 Å². The van der Waals surface area contributed by atoms with Crippen LogP contribution in [0.3, 0.4) is 0 Å². The van der Waals surface area contributed by atoms with Crippen LogP contribution in [0.4, 0.5) is 4.39 Å². The van der Waals surface area contributed by atoms with Crippen LogP contribution in [0.5, 0.6) is 0 Å². The zero-order valence-corrected chi connectivity index (χ0v) is 19.8. The number of H-pyrrole nitrogens is 1. The molecular formula is C26H24FN5O2S. The first-order valence-corrected chi connectivity index (χ1v) is 12.5. The lowest BCUT2D eigenvalue weighted by Gasteiger charge is -2.48. The van der Waals surface area contributed by atoms with E-state index in [1.807, 2.05) is 39.6 Å². The van der Waals surface area contributed by atoms with Crippen LogP contribution in [0.15, 0.2) is 60.2 Å². The molecule has 178 valence electrons. The lowest BCUT2D eigenvalue weighted by Crippen LogP contribution is -2.64. The van der Waals surface area contributed by atoms with E-state index in [1.54, 1.807) is 18.3 Å². The Labute approximate surface area is 205 Å². The van der Waals surface area contributed by atoms with Gasteiger partial charge in [-0.3, -0.25) is 14.5 Å². The number of piperazine rings is 1. The van der Waals surface area contributed by atoms with E-state index in [1.165, 1.54) is 23.5 Å². The van der Waals surface area contributed by atoms with Crippen molar-refractivity contribution < 1.29 is 14.0 Å². The maximum Gasteiger partial charge on any atom is 0.282 e. The second-order valence-corrected chi connectivity index (χ2v) is 9.89. The second kappa shape index (κ2) is 8.90. The first-order chi connectivity index (χ1) is 17.1. The molecule has 4 aromatic rings. The molecule has 0 spiro atoms. The number of thiazole rings is 1. The van der Waals surface area contributed by atoms with E-state index in [0.29, 0.717) is 42.8 Å². The van der Waals surface area contributed by atoms with Crippen LogP contribution in [0.1, 0.15) is 20.2 Å². The van der Waals surface area contributed by atoms with E-state index < -0.39 is 0 Å². The van der Waals surface area contributed by atoms with Crippen LogP contribution in [0.25, 0.3) is 22.0 Å². The van der Waals surface area contributed by atoms with Crippen molar-refractivity contribution in [2.75, 3.05) is 39.3 Å². The average Bonchev–Trinajstić information content (AvgIpc) is 3.54. The molecule has 35 heavy (non-hydrogen) atoms. The Balaban J connectivity index is 1.06. The minimum absolute atomic E-state index is 0.00681. The molecule has 9 heteroatoms. The highest BCUT2D eigenvalue weighted by Crippen LogP contribution is 2.30. The maximum absolute atomic E-state index is 13.3. The number of nitrogens with zero attached hydrogens (tertiary/aromatic N) is 4. The van der Waals surface area contributed by atoms with Gasteiger partial charge in [0.15, 0.2) is 5.01 Å². The summed E-state index contributed by atoms with van der Waals surface area (Å²) in [5, 5.41) is 3.36. The van der Waals surface area contributed by atoms with Crippen molar-refractivity contribution in [3.05, 3.63) is 76.6 Å². The van der Waals surface area contributed by atoms with Gasteiger partial charge in [-0.15, -0.1) is 11.3 Å². The van der Waals surface area contributed by atoms with E-state index in [0.717, 1.165) is 35.1 Å². The van der Waals surface area contributed by atoms with E-state index >= 15 is 0 Å². The summed E-state index contributed by atoms with van der Waals surface area (Å²) >= 11 is 1.37. The van der Waals surface area contributed by atoms with Gasteiger partial charge in [0.05, 0.1) is 0 Å². The molecule has 2 aliphatic heterocycles. The Hall–Kier alpha value is -3.56. The van der Waals surface area contributed by atoms with Crippen molar-refractivity contribution in [3.63, 3.8) is 0 Å². The topological polar surface area (TPSA) is 72.5 Å². The van der Waals surface area contributed by atoms with Crippen LogP contribution in [0, 0.1) is 5.82 Å². The normalized spacial score (nSPS) is 17.1. The van der Waals surface area contributed by atoms with Gasteiger partial charge in [-0.05, 0) is 29.8 Å². The summed E-state index contributed by atoms with van der Waals surface area (Å²) in [6.07, 6.45) is 3.55. The number of amides is 2. The van der Waals surface area contributed by atoms with Gasteiger partial charge < -0.3 is 14.8 Å². The number of hydrogen-bond acceptors (Lipinski definition) is 5. The van der Waals surface area contributed by atoms with Crippen molar-refractivity contribution in [2.45, 2.75) is 6.04 Å². The Morgan fingerprint density at radius 2 is 1.74 bits per heavy atom. The largest absolute Gasteiger partial charge is 0.361 e. The highest BCUT2D eigenvalue weighted by Gasteiger charge is 2.37. The zero-order chi connectivity index (χ0) is 23.9. The average molecular weight is 490 g/mol. The number of hydrogen-bond donors (Lipinski definition) is 1. The zero-order valence-electron chi connectivity index (χ0n) is 19.0. The summed E-state index contributed by atoms with van der Waals surface area (Å²) in [5.74, 6) is -0.230. The summed E-state index contributed by atoms with van der Waals surface area (Å²) < 4.78 is 13.3. The lowest BCUT2D eigenvalue weighted by atomic mass is 10.0. The summed E-state index contributed by atoms with van der Waals surface area (Å²) in [7, 11) is 0. The minimum atomic E-state index is -0.264. The van der Waals surface area contributed by atoms with Crippen LogP contribution in [-0.2, 0) is 0 Å². The molecule has 0 atom stereocenters. The molecule has 1 N–H and O–H groups in total. The number of likely N-dealkylation sites (tertiary alicyclic amines) is 1. The van der Waals surface area contributed by atoms with E-state index in [4.69, 9.17) is 0 Å². The third-order valence-electron chi connectivity index (χ3n) is 6.97. The summed E-state index contributed by atoms with van der Waals surface area (Å²) in [4.78, 5) is 39.1. The third-order valence-corrected chi connectivity index (χ3v) is 7.73. The van der Waals surface area contributed by atoms with Crippen molar-refractivity contribution in [1.82, 2.24) is 24.7 Å². The van der Waals surface area contributed by atoms with Crippen molar-refractivity contribution in [1.29, 1.82) is 0 Å². The number of halogens is 1. The Kier molecular flexibility index (Phi) is 5.58. The number of rotatable bonds is 4. The van der Waals surface area contributed by atoms with Crippen LogP contribution in [0.2, 0.25) is 0 Å². The number of fused-ring (bicyclic) bond motifs is 1. The number of aromatic amines is 1. The number of carbonyl (C=O) groups excluding carboxylic acids is 2. The first kappa shape index (κ1) is 21.9. The van der Waals surface area contributed by atoms with Gasteiger partial charge in [0.25, 0.3) is 11.8 Å². The second-order valence-electron chi connectivity index (χ2n) is 9.00. The van der Waals surface area contributed by atoms with Crippen LogP contribution < -0.4 is 0 Å². The molecule has 4 heterocycles. The van der Waals surface area contributed by atoms with E-state index in [9.17, 15) is 14.0 Å². The van der Waals surface area contributed by atoms with Gasteiger partial charge in [0.1, 0.15) is 5.82 Å². The first-order valence-electron chi connectivity index (χ1n) is 11.7. The molecule has 2 aliphatic rings. The smallest absolute Gasteiger partial charge is 0.282 e. The number of benzene rings is 2. The highest BCUT2D eigenvalue weighted by molar-refractivity contribution is 7.11. The molecule has 2 aromatic carbocycles. The summed E-state index contributed by atoms with van der Waals surface area (Å²) in [6, 6.07) is 12.4. The fraction of sp³-hybridized carbons (Fsp3) is 0.269. The highest BCUT2D eigenvalue weighted by atomic mass is 32.1. The number of nitrogens with one attached hydrogen (secondary N) is 1. The van der Waals surface area contributed by atoms with Gasteiger partial charge in [-0.1, -0.05) is 18.2 Å². The van der Waals surface area contributed by atoms with Gasteiger partial charge in [0.2, 0.25) is 0 Å². The minimum Gasteiger partial charge on any atom is -0.361 e. The molecule has 0 unspecified atom stereocenters. The molecule has 6 rings (SSSR count). The third kappa shape index (κ3) is 4.11. The SMILES string of the molecule is O=C(c1ccc2c(-c3ccc(F)cc3)c[nH]c2c1)N1CC(N2CCN(C(=O)c3nccs3)CC2)C1. The molecule has 7 nitrogen and oxygen atoms in total.